The lowest BCUT2D eigenvalue weighted by Gasteiger charge is -2.22. The fraction of sp³-hybridized carbons (Fsp3) is 0.727. The molecule has 0 radical (unpaired) electrons. The van der Waals surface area contributed by atoms with Crippen LogP contribution in [0, 0.1) is 5.92 Å². The first-order chi connectivity index (χ1) is 6.86. The molecule has 1 fully saturated rings. The van der Waals surface area contributed by atoms with Gasteiger partial charge in [-0.1, -0.05) is 26.2 Å². The Morgan fingerprint density at radius 1 is 1.36 bits per heavy atom. The van der Waals surface area contributed by atoms with Crippen molar-refractivity contribution in [3.63, 3.8) is 0 Å². The second-order valence-corrected chi connectivity index (χ2v) is 5.10. The van der Waals surface area contributed by atoms with E-state index in [2.05, 4.69) is 17.2 Å². The van der Waals surface area contributed by atoms with E-state index in [1.807, 2.05) is 11.6 Å². The largest absolute Gasteiger partial charge is 0.359 e. The molecule has 0 saturated heterocycles. The van der Waals surface area contributed by atoms with Gasteiger partial charge in [0, 0.05) is 17.6 Å². The zero-order chi connectivity index (χ0) is 9.80. The number of aromatic nitrogens is 1. The van der Waals surface area contributed by atoms with Gasteiger partial charge in [-0.15, -0.1) is 11.3 Å². The molecule has 0 aromatic carbocycles. The van der Waals surface area contributed by atoms with Crippen molar-refractivity contribution >= 4 is 16.5 Å². The predicted molar refractivity (Wildman–Crippen MR) is 61.8 cm³/mol. The van der Waals surface area contributed by atoms with Gasteiger partial charge in [-0.05, 0) is 18.8 Å². The Hall–Kier alpha value is -0.570. The molecule has 2 unspecified atom stereocenters. The maximum Gasteiger partial charge on any atom is 0.182 e. The fourth-order valence-electron chi connectivity index (χ4n) is 2.16. The minimum Gasteiger partial charge on any atom is -0.359 e. The molecule has 1 aliphatic carbocycles. The molecular weight excluding hydrogens is 192 g/mol. The highest BCUT2D eigenvalue weighted by atomic mass is 32.1. The van der Waals surface area contributed by atoms with E-state index >= 15 is 0 Å². The van der Waals surface area contributed by atoms with Crippen molar-refractivity contribution in [1.82, 2.24) is 4.98 Å². The van der Waals surface area contributed by atoms with Crippen LogP contribution >= 0.6 is 11.3 Å². The second kappa shape index (κ2) is 4.78. The number of nitrogens with zero attached hydrogens (tertiary/aromatic N) is 1. The van der Waals surface area contributed by atoms with Crippen LogP contribution in [-0.2, 0) is 0 Å². The molecule has 0 bridgehead atoms. The lowest BCUT2D eigenvalue weighted by molar-refractivity contribution is 0.456. The predicted octanol–water partition coefficient (Wildman–Crippen LogP) is 3.52. The average Bonchev–Trinajstić information content (AvgIpc) is 2.60. The average molecular weight is 210 g/mol. The Morgan fingerprint density at radius 3 is 3.00 bits per heavy atom. The van der Waals surface area contributed by atoms with Crippen molar-refractivity contribution in [1.29, 1.82) is 0 Å². The topological polar surface area (TPSA) is 24.9 Å². The Labute approximate surface area is 89.8 Å². The number of rotatable bonds is 2. The molecule has 78 valence electrons. The molecule has 1 aliphatic rings. The van der Waals surface area contributed by atoms with Crippen LogP contribution < -0.4 is 5.32 Å². The fourth-order valence-corrected chi connectivity index (χ4v) is 2.75. The van der Waals surface area contributed by atoms with Crippen LogP contribution in [0.1, 0.15) is 39.0 Å². The van der Waals surface area contributed by atoms with Crippen molar-refractivity contribution in [3.8, 4) is 0 Å². The van der Waals surface area contributed by atoms with Crippen LogP contribution in [0.5, 0.6) is 0 Å². The van der Waals surface area contributed by atoms with Crippen LogP contribution in [0.4, 0.5) is 5.13 Å². The van der Waals surface area contributed by atoms with Crippen LogP contribution in [0.15, 0.2) is 11.6 Å². The third-order valence-electron chi connectivity index (χ3n) is 3.10. The maximum absolute atomic E-state index is 4.28. The molecule has 0 aliphatic heterocycles. The van der Waals surface area contributed by atoms with Crippen molar-refractivity contribution in [2.45, 2.75) is 45.1 Å². The molecule has 2 nitrogen and oxygen atoms in total. The van der Waals surface area contributed by atoms with E-state index < -0.39 is 0 Å². The summed E-state index contributed by atoms with van der Waals surface area (Å²) in [5, 5.41) is 6.68. The SMILES string of the molecule is CC1CCCCCC1Nc1nccs1. The Kier molecular flexibility index (Phi) is 3.40. The molecule has 0 amide bonds. The van der Waals surface area contributed by atoms with Crippen molar-refractivity contribution in [2.75, 3.05) is 5.32 Å². The van der Waals surface area contributed by atoms with Crippen LogP contribution in [0.3, 0.4) is 0 Å². The van der Waals surface area contributed by atoms with E-state index in [0.29, 0.717) is 6.04 Å². The summed E-state index contributed by atoms with van der Waals surface area (Å²) < 4.78 is 0. The highest BCUT2D eigenvalue weighted by Crippen LogP contribution is 2.26. The summed E-state index contributed by atoms with van der Waals surface area (Å²) >= 11 is 1.70. The third-order valence-corrected chi connectivity index (χ3v) is 3.81. The molecular formula is C11H18N2S. The first-order valence-electron chi connectivity index (χ1n) is 5.52. The van der Waals surface area contributed by atoms with Gasteiger partial charge in [0.2, 0.25) is 0 Å². The molecule has 3 heteroatoms. The third kappa shape index (κ3) is 2.47. The summed E-state index contributed by atoms with van der Waals surface area (Å²) in [5.41, 5.74) is 0. The van der Waals surface area contributed by atoms with Gasteiger partial charge in [0.25, 0.3) is 0 Å². The van der Waals surface area contributed by atoms with E-state index in [4.69, 9.17) is 0 Å². The zero-order valence-corrected chi connectivity index (χ0v) is 9.52. The molecule has 14 heavy (non-hydrogen) atoms. The summed E-state index contributed by atoms with van der Waals surface area (Å²) in [7, 11) is 0. The minimum atomic E-state index is 0.642. The van der Waals surface area contributed by atoms with Crippen LogP contribution in [-0.4, -0.2) is 11.0 Å². The number of anilines is 1. The van der Waals surface area contributed by atoms with Gasteiger partial charge in [0.05, 0.1) is 0 Å². The zero-order valence-electron chi connectivity index (χ0n) is 8.70. The number of hydrogen-bond donors (Lipinski definition) is 1. The smallest absolute Gasteiger partial charge is 0.182 e. The summed E-state index contributed by atoms with van der Waals surface area (Å²) in [5.74, 6) is 0.793. The second-order valence-electron chi connectivity index (χ2n) is 4.20. The van der Waals surface area contributed by atoms with Crippen LogP contribution in [0.25, 0.3) is 0 Å². The van der Waals surface area contributed by atoms with Gasteiger partial charge >= 0.3 is 0 Å². The lowest BCUT2D eigenvalue weighted by atomic mass is 9.97. The molecule has 1 saturated carbocycles. The Morgan fingerprint density at radius 2 is 2.21 bits per heavy atom. The number of thiazole rings is 1. The van der Waals surface area contributed by atoms with E-state index in [1.54, 1.807) is 11.3 Å². The van der Waals surface area contributed by atoms with Gasteiger partial charge < -0.3 is 5.32 Å². The normalized spacial score (nSPS) is 28.4. The molecule has 1 N–H and O–H groups in total. The molecule has 1 aromatic rings. The van der Waals surface area contributed by atoms with E-state index in [9.17, 15) is 0 Å². The van der Waals surface area contributed by atoms with Crippen molar-refractivity contribution in [3.05, 3.63) is 11.6 Å². The quantitative estimate of drug-likeness (QED) is 0.755. The highest BCUT2D eigenvalue weighted by Gasteiger charge is 2.19. The molecule has 0 spiro atoms. The summed E-state index contributed by atoms with van der Waals surface area (Å²) in [4.78, 5) is 4.28. The van der Waals surface area contributed by atoms with Gasteiger partial charge in [0.15, 0.2) is 5.13 Å². The van der Waals surface area contributed by atoms with E-state index in [0.717, 1.165) is 11.0 Å². The van der Waals surface area contributed by atoms with Gasteiger partial charge in [-0.3, -0.25) is 0 Å². The molecule has 2 rings (SSSR count). The minimum absolute atomic E-state index is 0.642. The maximum atomic E-state index is 4.28. The monoisotopic (exact) mass is 210 g/mol. The first-order valence-corrected chi connectivity index (χ1v) is 6.40. The van der Waals surface area contributed by atoms with Gasteiger partial charge in [-0.25, -0.2) is 4.98 Å². The van der Waals surface area contributed by atoms with Crippen LogP contribution in [0.2, 0.25) is 0 Å². The van der Waals surface area contributed by atoms with Gasteiger partial charge in [-0.2, -0.15) is 0 Å². The van der Waals surface area contributed by atoms with Gasteiger partial charge in [0.1, 0.15) is 0 Å². The summed E-state index contributed by atoms with van der Waals surface area (Å²) in [6.45, 7) is 2.36. The highest BCUT2D eigenvalue weighted by molar-refractivity contribution is 7.13. The number of nitrogens with one attached hydrogen (secondary N) is 1. The van der Waals surface area contributed by atoms with E-state index in [1.165, 1.54) is 32.1 Å². The summed E-state index contributed by atoms with van der Waals surface area (Å²) in [6, 6.07) is 0.642. The van der Waals surface area contributed by atoms with E-state index in [-0.39, 0.29) is 0 Å². The Balaban J connectivity index is 1.94. The van der Waals surface area contributed by atoms with Crippen molar-refractivity contribution < 1.29 is 0 Å². The summed E-state index contributed by atoms with van der Waals surface area (Å²) in [6.07, 6.45) is 8.71. The standard InChI is InChI=1S/C11H18N2S/c1-9-5-3-2-4-6-10(9)13-11-12-7-8-14-11/h7-10H,2-6H2,1H3,(H,12,13). The molecule has 2 atom stereocenters. The van der Waals surface area contributed by atoms with Crippen molar-refractivity contribution in [2.24, 2.45) is 5.92 Å². The Bertz CT molecular complexity index is 258. The lowest BCUT2D eigenvalue weighted by Crippen LogP contribution is -2.25. The molecule has 1 heterocycles. The molecule has 1 aromatic heterocycles. The number of hydrogen-bond acceptors (Lipinski definition) is 3. The first kappa shape index (κ1) is 9.97.